The van der Waals surface area contributed by atoms with Crippen LogP contribution in [0.3, 0.4) is 0 Å². The van der Waals surface area contributed by atoms with Gasteiger partial charge in [-0.3, -0.25) is 4.57 Å². The number of hydrogen-bond donors (Lipinski definition) is 0. The molecule has 0 spiro atoms. The Hall–Kier alpha value is -2.83. The average Bonchev–Trinajstić information content (AvgIpc) is 3.08. The maximum absolute atomic E-state index is 13.3. The Kier molecular flexibility index (Phi) is 9.50. The molecule has 10 nitrogen and oxygen atoms in total. The number of halogens is 1. The number of benzene rings is 1. The molecule has 2 rings (SSSR count). The first kappa shape index (κ1) is 31.4. The van der Waals surface area contributed by atoms with Crippen LogP contribution in [-0.4, -0.2) is 63.7 Å². The molecule has 0 fully saturated rings. The van der Waals surface area contributed by atoms with Crippen molar-refractivity contribution in [3.8, 4) is 0 Å². The maximum Gasteiger partial charge on any atom is 0.420 e. The fourth-order valence-electron chi connectivity index (χ4n) is 3.51. The number of aromatic nitrogens is 1. The van der Waals surface area contributed by atoms with Crippen LogP contribution in [0.4, 0.5) is 14.4 Å². The van der Waals surface area contributed by atoms with Gasteiger partial charge in [0.15, 0.2) is 0 Å². The molecule has 2 aromatic rings. The molecule has 1 atom stereocenters. The van der Waals surface area contributed by atoms with E-state index >= 15 is 0 Å². The van der Waals surface area contributed by atoms with Crippen LogP contribution in [0.1, 0.15) is 67.9 Å². The predicted octanol–water partition coefficient (Wildman–Crippen LogP) is 6.29. The van der Waals surface area contributed by atoms with Gasteiger partial charge in [0.05, 0.1) is 12.6 Å². The lowest BCUT2D eigenvalue weighted by Gasteiger charge is -2.32. The van der Waals surface area contributed by atoms with Crippen molar-refractivity contribution in [3.63, 3.8) is 0 Å². The largest absolute Gasteiger partial charge is 0.467 e. The van der Waals surface area contributed by atoms with Crippen molar-refractivity contribution in [3.05, 3.63) is 33.5 Å². The second-order valence-electron chi connectivity index (χ2n) is 11.7. The van der Waals surface area contributed by atoms with Crippen molar-refractivity contribution < 1.29 is 38.1 Å². The Morgan fingerprint density at radius 2 is 1.37 bits per heavy atom. The highest BCUT2D eigenvalue weighted by Crippen LogP contribution is 2.30. The number of imide groups is 1. The number of hydrogen-bond acceptors (Lipinski definition) is 8. The van der Waals surface area contributed by atoms with Gasteiger partial charge in [-0.15, -0.1) is 0 Å². The minimum absolute atomic E-state index is 0.169. The van der Waals surface area contributed by atoms with Crippen LogP contribution >= 0.6 is 22.6 Å². The van der Waals surface area contributed by atoms with Gasteiger partial charge in [0.25, 0.3) is 0 Å². The summed E-state index contributed by atoms with van der Waals surface area (Å²) in [6.07, 6.45) is -1.36. The van der Waals surface area contributed by atoms with E-state index in [9.17, 15) is 19.2 Å². The fourth-order valence-corrected chi connectivity index (χ4v) is 4.34. The maximum atomic E-state index is 13.3. The van der Waals surface area contributed by atoms with Crippen molar-refractivity contribution in [2.45, 2.75) is 91.6 Å². The van der Waals surface area contributed by atoms with Crippen LogP contribution < -0.4 is 0 Å². The van der Waals surface area contributed by atoms with Crippen LogP contribution in [0.2, 0.25) is 0 Å². The van der Waals surface area contributed by atoms with Crippen LogP contribution in [-0.2, 0) is 30.2 Å². The van der Waals surface area contributed by atoms with Gasteiger partial charge in [-0.2, -0.15) is 4.90 Å². The molecular weight excluding hydrogens is 607 g/mol. The van der Waals surface area contributed by atoms with Crippen molar-refractivity contribution in [2.75, 3.05) is 7.11 Å². The molecule has 1 aromatic carbocycles. The number of carbonyl (C=O) groups is 4. The molecule has 1 aromatic heterocycles. The van der Waals surface area contributed by atoms with E-state index in [0.717, 1.165) is 10.7 Å². The Morgan fingerprint density at radius 1 is 0.868 bits per heavy atom. The highest BCUT2D eigenvalue weighted by atomic mass is 127. The zero-order chi connectivity index (χ0) is 29.2. The molecule has 0 aliphatic heterocycles. The number of nitrogens with zero attached hydrogens (tertiary/aromatic N) is 2. The van der Waals surface area contributed by atoms with Crippen molar-refractivity contribution in [1.29, 1.82) is 0 Å². The number of amides is 2. The first-order valence-electron chi connectivity index (χ1n) is 12.1. The zero-order valence-electron chi connectivity index (χ0n) is 23.6. The Labute approximate surface area is 237 Å². The number of fused-ring (bicyclic) bond motifs is 1. The molecular formula is C27H37IN2O8. The third-order valence-corrected chi connectivity index (χ3v) is 5.72. The fraction of sp³-hybridized carbons (Fsp3) is 0.556. The van der Waals surface area contributed by atoms with Crippen LogP contribution in [0, 0.1) is 3.57 Å². The molecule has 0 saturated heterocycles. The average molecular weight is 645 g/mol. The lowest BCUT2D eigenvalue weighted by Crippen LogP contribution is -2.53. The van der Waals surface area contributed by atoms with Crippen molar-refractivity contribution >= 4 is 57.7 Å². The monoisotopic (exact) mass is 644 g/mol. The molecule has 38 heavy (non-hydrogen) atoms. The normalized spacial score (nSPS) is 13.0. The lowest BCUT2D eigenvalue weighted by atomic mass is 10.0. The number of ether oxygens (including phenoxy) is 4. The van der Waals surface area contributed by atoms with E-state index in [-0.39, 0.29) is 6.42 Å². The summed E-state index contributed by atoms with van der Waals surface area (Å²) in [4.78, 5) is 53.2. The first-order valence-corrected chi connectivity index (χ1v) is 13.2. The Balaban J connectivity index is 2.68. The number of esters is 1. The first-order chi connectivity index (χ1) is 17.2. The van der Waals surface area contributed by atoms with E-state index < -0.39 is 47.1 Å². The molecule has 0 aliphatic carbocycles. The SMILES string of the molecule is COC(=O)[C@H](Cc1cn(C(=O)OC(C)(C)C)c2cccc(I)c12)N(C(=O)OC(C)(C)C)C(=O)OC(C)(C)C. The molecule has 2 amide bonds. The van der Waals surface area contributed by atoms with Crippen molar-refractivity contribution in [2.24, 2.45) is 0 Å². The minimum Gasteiger partial charge on any atom is -0.467 e. The molecule has 0 N–H and O–H groups in total. The summed E-state index contributed by atoms with van der Waals surface area (Å²) in [5.74, 6) is -0.856. The summed E-state index contributed by atoms with van der Waals surface area (Å²) in [6.45, 7) is 15.1. The quantitative estimate of drug-likeness (QED) is 0.217. The molecule has 1 heterocycles. The van der Waals surface area contributed by atoms with Crippen LogP contribution in [0.25, 0.3) is 10.9 Å². The molecule has 11 heteroatoms. The Morgan fingerprint density at radius 3 is 1.82 bits per heavy atom. The van der Waals surface area contributed by atoms with Crippen LogP contribution in [0.15, 0.2) is 24.4 Å². The summed E-state index contributed by atoms with van der Waals surface area (Å²) < 4.78 is 23.6. The van der Waals surface area contributed by atoms with Crippen LogP contribution in [0.5, 0.6) is 0 Å². The highest BCUT2D eigenvalue weighted by molar-refractivity contribution is 14.1. The van der Waals surface area contributed by atoms with Gasteiger partial charge in [-0.1, -0.05) is 6.07 Å². The van der Waals surface area contributed by atoms with E-state index in [4.69, 9.17) is 18.9 Å². The summed E-state index contributed by atoms with van der Waals surface area (Å²) in [7, 11) is 1.16. The van der Waals surface area contributed by atoms with Gasteiger partial charge in [-0.25, -0.2) is 19.2 Å². The smallest absolute Gasteiger partial charge is 0.420 e. The van der Waals surface area contributed by atoms with Gasteiger partial charge in [0.1, 0.15) is 22.8 Å². The zero-order valence-corrected chi connectivity index (χ0v) is 25.8. The molecule has 0 aliphatic rings. The van der Waals surface area contributed by atoms with E-state index in [1.165, 1.54) is 4.57 Å². The number of carbonyl (C=O) groups excluding carboxylic acids is 4. The summed E-state index contributed by atoms with van der Waals surface area (Å²) in [5, 5.41) is 0.668. The second-order valence-corrected chi connectivity index (χ2v) is 12.9. The lowest BCUT2D eigenvalue weighted by molar-refractivity contribution is -0.146. The summed E-state index contributed by atoms with van der Waals surface area (Å²) >= 11 is 2.12. The van der Waals surface area contributed by atoms with Gasteiger partial charge < -0.3 is 18.9 Å². The van der Waals surface area contributed by atoms with Gasteiger partial charge >= 0.3 is 24.2 Å². The second kappa shape index (κ2) is 11.5. The molecule has 0 unspecified atom stereocenters. The standard InChI is InChI=1S/C27H37IN2O8/c1-25(2,3)36-22(32)29-15-16(20-17(28)12-11-13-18(20)29)14-19(21(31)35-10)30(23(33)37-26(4,5)6)24(34)38-27(7,8)9/h11-13,15,19H,14H2,1-10H3/t19-/m0/s1. The van der Waals surface area contributed by atoms with E-state index in [2.05, 4.69) is 22.6 Å². The molecule has 0 saturated carbocycles. The molecule has 0 radical (unpaired) electrons. The molecule has 210 valence electrons. The van der Waals surface area contributed by atoms with Crippen molar-refractivity contribution in [1.82, 2.24) is 9.47 Å². The van der Waals surface area contributed by atoms with Gasteiger partial charge in [0.2, 0.25) is 0 Å². The predicted molar refractivity (Wildman–Crippen MR) is 150 cm³/mol. The van der Waals surface area contributed by atoms with Gasteiger partial charge in [-0.05, 0) is 103 Å². The third-order valence-electron chi connectivity index (χ3n) is 4.83. The van der Waals surface area contributed by atoms with E-state index in [1.807, 2.05) is 6.07 Å². The minimum atomic E-state index is -1.45. The Bertz CT molecular complexity index is 1190. The topological polar surface area (TPSA) is 113 Å². The van der Waals surface area contributed by atoms with E-state index in [0.29, 0.717) is 21.4 Å². The molecule has 0 bridgehead atoms. The van der Waals surface area contributed by atoms with E-state index in [1.54, 1.807) is 80.6 Å². The summed E-state index contributed by atoms with van der Waals surface area (Å²) in [5.41, 5.74) is -1.59. The highest BCUT2D eigenvalue weighted by Gasteiger charge is 2.41. The number of rotatable bonds is 4. The number of methoxy groups -OCH3 is 1. The van der Waals surface area contributed by atoms with Gasteiger partial charge in [0, 0.05) is 21.6 Å². The summed E-state index contributed by atoms with van der Waals surface area (Å²) in [6, 6.07) is 3.94. The third kappa shape index (κ3) is 8.34.